The third-order valence-corrected chi connectivity index (χ3v) is 3.47. The zero-order chi connectivity index (χ0) is 19.6. The molecule has 0 N–H and O–H groups in total. The molecule has 0 aromatic carbocycles. The maximum Gasteiger partial charge on any atom is 0.417 e. The van der Waals surface area contributed by atoms with Gasteiger partial charge in [-0.25, -0.2) is 14.5 Å². The molecule has 25 heavy (non-hydrogen) atoms. The summed E-state index contributed by atoms with van der Waals surface area (Å²) in [6.07, 6.45) is 1.02. The second-order valence-electron chi connectivity index (χ2n) is 8.21. The molecule has 1 atom stereocenters. The molecule has 0 spiro atoms. The van der Waals surface area contributed by atoms with Crippen molar-refractivity contribution in [3.8, 4) is 0 Å². The predicted octanol–water partition coefficient (Wildman–Crippen LogP) is 3.34. The third-order valence-electron chi connectivity index (χ3n) is 3.47. The molecule has 7 nitrogen and oxygen atoms in total. The Bertz CT molecular complexity index is 569. The average molecular weight is 354 g/mol. The van der Waals surface area contributed by atoms with Crippen LogP contribution in [0.15, 0.2) is 11.6 Å². The molecule has 0 radical (unpaired) electrons. The third kappa shape index (κ3) is 6.40. The number of amides is 3. The van der Waals surface area contributed by atoms with Gasteiger partial charge in [0.25, 0.3) is 5.91 Å². The van der Waals surface area contributed by atoms with Crippen molar-refractivity contribution in [3.05, 3.63) is 11.6 Å². The van der Waals surface area contributed by atoms with E-state index >= 15 is 0 Å². The molecular formula is C18H30N2O5. The summed E-state index contributed by atoms with van der Waals surface area (Å²) in [5.74, 6) is -0.376. The number of ether oxygens (including phenoxy) is 2. The largest absolute Gasteiger partial charge is 0.444 e. The van der Waals surface area contributed by atoms with E-state index in [1.165, 1.54) is 4.90 Å². The van der Waals surface area contributed by atoms with Gasteiger partial charge in [-0.3, -0.25) is 4.79 Å². The molecule has 0 saturated carbocycles. The van der Waals surface area contributed by atoms with E-state index in [2.05, 4.69) is 0 Å². The Morgan fingerprint density at radius 1 is 1.12 bits per heavy atom. The summed E-state index contributed by atoms with van der Waals surface area (Å²) in [7, 11) is 1.61. The molecule has 3 amide bonds. The van der Waals surface area contributed by atoms with Crippen molar-refractivity contribution in [2.75, 3.05) is 13.6 Å². The van der Waals surface area contributed by atoms with Gasteiger partial charge in [0.2, 0.25) is 0 Å². The van der Waals surface area contributed by atoms with E-state index in [0.717, 1.165) is 4.90 Å². The highest BCUT2D eigenvalue weighted by Gasteiger charge is 2.34. The van der Waals surface area contributed by atoms with Crippen LogP contribution in [0.3, 0.4) is 0 Å². The zero-order valence-electron chi connectivity index (χ0n) is 16.5. The van der Waals surface area contributed by atoms with Crippen molar-refractivity contribution >= 4 is 18.1 Å². The second kappa shape index (κ2) is 7.45. The van der Waals surface area contributed by atoms with Crippen molar-refractivity contribution in [1.29, 1.82) is 0 Å². The second-order valence-corrected chi connectivity index (χ2v) is 8.21. The lowest BCUT2D eigenvalue weighted by atomic mass is 10.1. The van der Waals surface area contributed by atoms with Gasteiger partial charge in [-0.15, -0.1) is 0 Å². The molecule has 1 rings (SSSR count). The maximum atomic E-state index is 12.4. The van der Waals surface area contributed by atoms with Gasteiger partial charge in [0.05, 0.1) is 6.04 Å². The smallest absolute Gasteiger partial charge is 0.417 e. The van der Waals surface area contributed by atoms with E-state index in [4.69, 9.17) is 9.47 Å². The summed E-state index contributed by atoms with van der Waals surface area (Å²) in [4.78, 5) is 39.1. The average Bonchev–Trinajstić information content (AvgIpc) is 2.75. The highest BCUT2D eigenvalue weighted by molar-refractivity contribution is 6.04. The number of rotatable bonds is 2. The number of hydrogen-bond acceptors (Lipinski definition) is 5. The number of carbonyl (C=O) groups is 3. The summed E-state index contributed by atoms with van der Waals surface area (Å²) in [6.45, 7) is 12.7. The Labute approximate surface area is 149 Å². The van der Waals surface area contributed by atoms with Gasteiger partial charge in [-0.2, -0.15) is 0 Å². The van der Waals surface area contributed by atoms with E-state index < -0.39 is 23.4 Å². The quantitative estimate of drug-likeness (QED) is 0.711. The van der Waals surface area contributed by atoms with Crippen molar-refractivity contribution in [2.45, 2.75) is 72.1 Å². The van der Waals surface area contributed by atoms with Crippen LogP contribution in [-0.2, 0) is 14.3 Å². The summed E-state index contributed by atoms with van der Waals surface area (Å²) < 4.78 is 10.6. The van der Waals surface area contributed by atoms with Gasteiger partial charge in [0.1, 0.15) is 11.2 Å². The molecule has 0 bridgehead atoms. The molecule has 1 aliphatic rings. The monoisotopic (exact) mass is 354 g/mol. The normalized spacial score (nSPS) is 18.3. The fourth-order valence-electron chi connectivity index (χ4n) is 2.16. The Morgan fingerprint density at radius 3 is 2.12 bits per heavy atom. The van der Waals surface area contributed by atoms with Crippen LogP contribution in [0, 0.1) is 0 Å². The van der Waals surface area contributed by atoms with Crippen LogP contribution in [0.1, 0.15) is 54.9 Å². The van der Waals surface area contributed by atoms with E-state index in [1.54, 1.807) is 61.6 Å². The van der Waals surface area contributed by atoms with Crippen molar-refractivity contribution in [2.24, 2.45) is 0 Å². The lowest BCUT2D eigenvalue weighted by Gasteiger charge is -2.27. The number of hydrogen-bond donors (Lipinski definition) is 0. The molecule has 0 aromatic heterocycles. The van der Waals surface area contributed by atoms with Crippen LogP contribution >= 0.6 is 0 Å². The van der Waals surface area contributed by atoms with Gasteiger partial charge in [0.15, 0.2) is 0 Å². The molecule has 0 aliphatic carbocycles. The molecule has 142 valence electrons. The van der Waals surface area contributed by atoms with Crippen LogP contribution in [0.4, 0.5) is 9.59 Å². The molecule has 7 heteroatoms. The SMILES string of the molecule is C[C@@H](/C=C1\CCN(C(=O)OC(C)(C)C)C1=O)N(C)C(=O)OC(C)(C)C. The van der Waals surface area contributed by atoms with Crippen molar-refractivity contribution in [3.63, 3.8) is 0 Å². The molecule has 1 heterocycles. The van der Waals surface area contributed by atoms with Crippen LogP contribution < -0.4 is 0 Å². The first-order chi connectivity index (χ1) is 11.2. The summed E-state index contributed by atoms with van der Waals surface area (Å²) in [5, 5.41) is 0. The summed E-state index contributed by atoms with van der Waals surface area (Å²) >= 11 is 0. The molecule has 0 aromatic rings. The first-order valence-corrected chi connectivity index (χ1v) is 8.42. The Hall–Kier alpha value is -2.05. The Balaban J connectivity index is 2.77. The molecular weight excluding hydrogens is 324 g/mol. The Morgan fingerprint density at radius 2 is 1.64 bits per heavy atom. The lowest BCUT2D eigenvalue weighted by molar-refractivity contribution is -0.124. The van der Waals surface area contributed by atoms with Crippen molar-refractivity contribution < 1.29 is 23.9 Å². The van der Waals surface area contributed by atoms with E-state index in [0.29, 0.717) is 12.0 Å². The fourth-order valence-corrected chi connectivity index (χ4v) is 2.16. The van der Waals surface area contributed by atoms with Crippen LogP contribution in [0.25, 0.3) is 0 Å². The first kappa shape index (κ1) is 21.0. The minimum Gasteiger partial charge on any atom is -0.444 e. The minimum absolute atomic E-state index is 0.280. The van der Waals surface area contributed by atoms with Crippen molar-refractivity contribution in [1.82, 2.24) is 9.80 Å². The van der Waals surface area contributed by atoms with Gasteiger partial charge < -0.3 is 14.4 Å². The van der Waals surface area contributed by atoms with E-state index in [-0.39, 0.29) is 18.5 Å². The lowest BCUT2D eigenvalue weighted by Crippen LogP contribution is -2.39. The fraction of sp³-hybridized carbons (Fsp3) is 0.722. The minimum atomic E-state index is -0.659. The highest BCUT2D eigenvalue weighted by Crippen LogP contribution is 2.22. The standard InChI is InChI=1S/C18H30N2O5/c1-12(19(8)15(22)24-17(2,3)4)11-13-9-10-20(14(13)21)16(23)25-18(5,6)7/h11-12H,9-10H2,1-8H3/b13-11+/t12-/m0/s1. The van der Waals surface area contributed by atoms with Crippen LogP contribution in [0.2, 0.25) is 0 Å². The van der Waals surface area contributed by atoms with Gasteiger partial charge in [0, 0.05) is 19.2 Å². The number of likely N-dealkylation sites (tertiary alicyclic amines) is 1. The van der Waals surface area contributed by atoms with Crippen LogP contribution in [0.5, 0.6) is 0 Å². The molecule has 1 fully saturated rings. The molecule has 1 aliphatic heterocycles. The van der Waals surface area contributed by atoms with Crippen LogP contribution in [-0.4, -0.2) is 58.7 Å². The number of likely N-dealkylation sites (N-methyl/N-ethyl adjacent to an activating group) is 1. The predicted molar refractivity (Wildman–Crippen MR) is 94.1 cm³/mol. The molecule has 0 unspecified atom stereocenters. The number of carbonyl (C=O) groups excluding carboxylic acids is 3. The summed E-state index contributed by atoms with van der Waals surface area (Å²) in [6, 6.07) is -0.340. The van der Waals surface area contributed by atoms with Gasteiger partial charge >= 0.3 is 12.2 Å². The van der Waals surface area contributed by atoms with E-state index in [9.17, 15) is 14.4 Å². The maximum absolute atomic E-state index is 12.4. The number of nitrogens with zero attached hydrogens (tertiary/aromatic N) is 2. The summed E-state index contributed by atoms with van der Waals surface area (Å²) in [5.41, 5.74) is -0.753. The van der Waals surface area contributed by atoms with Gasteiger partial charge in [-0.1, -0.05) is 6.08 Å². The Kier molecular flexibility index (Phi) is 6.26. The first-order valence-electron chi connectivity index (χ1n) is 8.42. The van der Waals surface area contributed by atoms with E-state index in [1.807, 2.05) is 0 Å². The topological polar surface area (TPSA) is 76.2 Å². The highest BCUT2D eigenvalue weighted by atomic mass is 16.6. The number of imide groups is 1. The molecule has 1 saturated heterocycles. The zero-order valence-corrected chi connectivity index (χ0v) is 16.5. The van der Waals surface area contributed by atoms with Gasteiger partial charge in [-0.05, 0) is 54.9 Å².